The number of nitrogens with one attached hydrogen (secondary N) is 1. The second-order valence-corrected chi connectivity index (χ2v) is 9.80. The predicted octanol–water partition coefficient (Wildman–Crippen LogP) is 6.53. The zero-order valence-electron chi connectivity index (χ0n) is 19.5. The highest BCUT2D eigenvalue weighted by Gasteiger charge is 2.27. The minimum absolute atomic E-state index is 0.0135. The van der Waals surface area contributed by atoms with E-state index in [4.69, 9.17) is 9.47 Å². The molecule has 1 aliphatic heterocycles. The second-order valence-electron chi connectivity index (χ2n) is 8.88. The van der Waals surface area contributed by atoms with Gasteiger partial charge in [0.1, 0.15) is 5.75 Å². The second kappa shape index (κ2) is 11.2. The fourth-order valence-electron chi connectivity index (χ4n) is 4.68. The minimum atomic E-state index is -0.0226. The molecule has 2 atom stereocenters. The molecule has 0 amide bonds. The highest BCUT2D eigenvalue weighted by molar-refractivity contribution is 9.10. The van der Waals surface area contributed by atoms with Crippen molar-refractivity contribution in [1.29, 1.82) is 0 Å². The number of halogens is 1. The number of carbonyl (C=O) groups excluding carboxylic acids is 1. The predicted molar refractivity (Wildman–Crippen MR) is 143 cm³/mol. The Hall–Kier alpha value is -2.99. The van der Waals surface area contributed by atoms with E-state index in [1.165, 1.54) is 5.56 Å². The average Bonchev–Trinajstić information content (AvgIpc) is 2.91. The number of Topliss-reactive ketones (excluding diaryl/α,β-unsaturated/α-hetero) is 1. The molecule has 0 unspecified atom stereocenters. The first-order valence-corrected chi connectivity index (χ1v) is 12.8. The normalized spacial score (nSPS) is 17.9. The van der Waals surface area contributed by atoms with Gasteiger partial charge in [-0.15, -0.1) is 0 Å². The van der Waals surface area contributed by atoms with Gasteiger partial charge in [0.25, 0.3) is 0 Å². The summed E-state index contributed by atoms with van der Waals surface area (Å²) in [6.07, 6.45) is 1.12. The lowest BCUT2D eigenvalue weighted by atomic mass is 9.87. The maximum atomic E-state index is 12.8. The van der Waals surface area contributed by atoms with Gasteiger partial charge < -0.3 is 14.8 Å². The third-order valence-corrected chi connectivity index (χ3v) is 7.10. The molecular weight excluding hydrogens is 502 g/mol. The van der Waals surface area contributed by atoms with Gasteiger partial charge in [-0.05, 0) is 59.1 Å². The summed E-state index contributed by atoms with van der Waals surface area (Å²) in [5.41, 5.74) is 3.09. The molecule has 1 aliphatic rings. The van der Waals surface area contributed by atoms with Crippen LogP contribution in [0.4, 0.5) is 0 Å². The molecule has 0 saturated carbocycles. The fourth-order valence-corrected chi connectivity index (χ4v) is 4.94. The highest BCUT2D eigenvalue weighted by atomic mass is 79.9. The quantitative estimate of drug-likeness (QED) is 0.263. The van der Waals surface area contributed by atoms with Crippen molar-refractivity contribution in [2.75, 3.05) is 19.7 Å². The maximum absolute atomic E-state index is 12.8. The van der Waals surface area contributed by atoms with E-state index in [0.29, 0.717) is 23.8 Å². The van der Waals surface area contributed by atoms with Crippen molar-refractivity contribution in [1.82, 2.24) is 5.32 Å². The van der Waals surface area contributed by atoms with Crippen molar-refractivity contribution in [3.63, 3.8) is 0 Å². The first-order chi connectivity index (χ1) is 17.2. The molecular formula is C30H28BrNO3. The molecule has 35 heavy (non-hydrogen) atoms. The molecule has 0 radical (unpaired) electrons. The smallest absolute Gasteiger partial charge is 0.200 e. The number of fused-ring (bicyclic) bond motifs is 1. The molecule has 4 nitrogen and oxygen atoms in total. The van der Waals surface area contributed by atoms with E-state index in [0.717, 1.165) is 40.3 Å². The molecule has 0 bridgehead atoms. The van der Waals surface area contributed by atoms with E-state index in [1.54, 1.807) is 0 Å². The number of ketones is 1. The van der Waals surface area contributed by atoms with E-state index in [2.05, 4.69) is 45.5 Å². The van der Waals surface area contributed by atoms with Crippen LogP contribution < -0.4 is 10.1 Å². The number of ether oxygens (including phenoxy) is 2. The fraction of sp³-hybridized carbons (Fsp3) is 0.233. The van der Waals surface area contributed by atoms with E-state index in [-0.39, 0.29) is 18.5 Å². The molecule has 4 aromatic carbocycles. The third-order valence-electron chi connectivity index (χ3n) is 6.57. The van der Waals surface area contributed by atoms with Crippen LogP contribution in [0.1, 0.15) is 33.8 Å². The van der Waals surface area contributed by atoms with Gasteiger partial charge in [-0.2, -0.15) is 0 Å². The van der Waals surface area contributed by atoms with Crippen molar-refractivity contribution in [3.05, 3.63) is 112 Å². The van der Waals surface area contributed by atoms with Crippen LogP contribution in [0.15, 0.2) is 95.5 Å². The summed E-state index contributed by atoms with van der Waals surface area (Å²) in [4.78, 5) is 12.8. The molecule has 5 heteroatoms. The molecule has 0 spiro atoms. The van der Waals surface area contributed by atoms with Crippen molar-refractivity contribution < 1.29 is 14.3 Å². The largest absolute Gasteiger partial charge is 0.485 e. The summed E-state index contributed by atoms with van der Waals surface area (Å²) in [6.45, 7) is 2.41. The number of piperidine rings is 1. The topological polar surface area (TPSA) is 47.6 Å². The average molecular weight is 530 g/mol. The molecule has 0 aromatic heterocycles. The minimum Gasteiger partial charge on any atom is -0.485 e. The van der Waals surface area contributed by atoms with Gasteiger partial charge in [0.2, 0.25) is 5.78 Å². The zero-order chi connectivity index (χ0) is 24.0. The summed E-state index contributed by atoms with van der Waals surface area (Å²) in [5.74, 6) is 0.993. The summed E-state index contributed by atoms with van der Waals surface area (Å²) >= 11 is 3.48. The monoisotopic (exact) mass is 529 g/mol. The van der Waals surface area contributed by atoms with Crippen LogP contribution in [0.5, 0.6) is 5.75 Å². The molecule has 4 aromatic rings. The Bertz CT molecular complexity index is 1280. The lowest BCUT2D eigenvalue weighted by molar-refractivity contribution is 0.0106. The van der Waals surface area contributed by atoms with Gasteiger partial charge in [-0.3, -0.25) is 4.79 Å². The number of carbonyl (C=O) groups is 1. The van der Waals surface area contributed by atoms with E-state index in [9.17, 15) is 4.79 Å². The number of hydrogen-bond acceptors (Lipinski definition) is 4. The zero-order valence-corrected chi connectivity index (χ0v) is 21.0. The van der Waals surface area contributed by atoms with Crippen molar-refractivity contribution in [2.45, 2.75) is 25.0 Å². The lowest BCUT2D eigenvalue weighted by Gasteiger charge is -2.32. The summed E-state index contributed by atoms with van der Waals surface area (Å²) in [6, 6.07) is 30.1. The first kappa shape index (κ1) is 23.7. The van der Waals surface area contributed by atoms with E-state index in [1.807, 2.05) is 66.7 Å². The van der Waals surface area contributed by atoms with Gasteiger partial charge in [-0.25, -0.2) is 0 Å². The Kier molecular flexibility index (Phi) is 7.57. The summed E-state index contributed by atoms with van der Waals surface area (Å²) in [7, 11) is 0. The van der Waals surface area contributed by atoms with Gasteiger partial charge in [0, 0.05) is 22.5 Å². The van der Waals surface area contributed by atoms with Gasteiger partial charge >= 0.3 is 0 Å². The number of hydrogen-bond donors (Lipinski definition) is 1. The SMILES string of the molecule is O=C(COc1ccc([C@H]2CCNC[C@@H]2OCc2ccc(Br)cc2)cc1)c1cccc2ccccc12. The Morgan fingerprint density at radius 1 is 0.914 bits per heavy atom. The van der Waals surface area contributed by atoms with Gasteiger partial charge in [-0.1, -0.05) is 82.7 Å². The van der Waals surface area contributed by atoms with Crippen molar-refractivity contribution in [2.24, 2.45) is 0 Å². The molecule has 1 fully saturated rings. The molecule has 178 valence electrons. The highest BCUT2D eigenvalue weighted by Crippen LogP contribution is 2.30. The Labute approximate surface area is 214 Å². The Balaban J connectivity index is 1.21. The first-order valence-electron chi connectivity index (χ1n) is 12.0. The molecule has 1 heterocycles. The third kappa shape index (κ3) is 5.81. The van der Waals surface area contributed by atoms with Crippen LogP contribution in [-0.2, 0) is 11.3 Å². The Morgan fingerprint density at radius 2 is 1.69 bits per heavy atom. The van der Waals surface area contributed by atoms with Gasteiger partial charge in [0.05, 0.1) is 12.7 Å². The Morgan fingerprint density at radius 3 is 2.51 bits per heavy atom. The van der Waals surface area contributed by atoms with Crippen LogP contribution in [0.25, 0.3) is 10.8 Å². The van der Waals surface area contributed by atoms with Crippen LogP contribution in [0.2, 0.25) is 0 Å². The van der Waals surface area contributed by atoms with E-state index < -0.39 is 0 Å². The van der Waals surface area contributed by atoms with Crippen LogP contribution >= 0.6 is 15.9 Å². The van der Waals surface area contributed by atoms with Gasteiger partial charge in [0.15, 0.2) is 6.61 Å². The standard InChI is InChI=1S/C30H28BrNO3/c31-24-12-8-21(9-13-24)19-35-30-18-32-17-16-27(30)23-10-14-25(15-11-23)34-20-29(33)28-7-3-5-22-4-1-2-6-26(22)28/h1-15,27,30,32H,16-20H2/t27-,30+/m1/s1. The lowest BCUT2D eigenvalue weighted by Crippen LogP contribution is -2.40. The molecule has 1 N–H and O–H groups in total. The molecule has 0 aliphatic carbocycles. The van der Waals surface area contributed by atoms with Crippen LogP contribution in [-0.4, -0.2) is 31.6 Å². The summed E-state index contributed by atoms with van der Waals surface area (Å²) in [5, 5.41) is 5.47. The maximum Gasteiger partial charge on any atom is 0.200 e. The van der Waals surface area contributed by atoms with Crippen LogP contribution in [0, 0.1) is 0 Å². The molecule has 1 saturated heterocycles. The number of benzene rings is 4. The van der Waals surface area contributed by atoms with Crippen molar-refractivity contribution >= 4 is 32.5 Å². The van der Waals surface area contributed by atoms with Crippen LogP contribution in [0.3, 0.4) is 0 Å². The number of rotatable bonds is 8. The summed E-state index contributed by atoms with van der Waals surface area (Å²) < 4.78 is 13.2. The molecule has 5 rings (SSSR count). The van der Waals surface area contributed by atoms with Crippen molar-refractivity contribution in [3.8, 4) is 5.75 Å². The van der Waals surface area contributed by atoms with E-state index >= 15 is 0 Å².